The van der Waals surface area contributed by atoms with Crippen molar-refractivity contribution in [3.8, 4) is 0 Å². The second kappa shape index (κ2) is 32.9. The van der Waals surface area contributed by atoms with Gasteiger partial charge in [0.1, 0.15) is 12.7 Å². The number of carbonyl (C=O) groups is 3. The number of ether oxygens (including phenoxy) is 1. The number of carbonyl (C=O) groups excluding carboxylic acids is 2. The fourth-order valence-corrected chi connectivity index (χ4v) is 5.47. The monoisotopic (exact) mass is 715 g/mol. The molecule has 0 aromatic carbocycles. The van der Waals surface area contributed by atoms with Crippen molar-refractivity contribution in [3.63, 3.8) is 0 Å². The Labute approximate surface area is 295 Å². The van der Waals surface area contributed by atoms with Crippen molar-refractivity contribution in [2.24, 2.45) is 0 Å². The van der Waals surface area contributed by atoms with Crippen LogP contribution >= 0.6 is 7.82 Å². The summed E-state index contributed by atoms with van der Waals surface area (Å²) in [6.45, 7) is 2.45. The normalized spacial score (nSPS) is 14.4. The first-order valence-corrected chi connectivity index (χ1v) is 20.0. The minimum atomic E-state index is -4.75. The molecular weight excluding hydrogens is 649 g/mol. The zero-order chi connectivity index (χ0) is 36.4. The van der Waals surface area contributed by atoms with Gasteiger partial charge in [0, 0.05) is 12.8 Å². The molecule has 12 heteroatoms. The van der Waals surface area contributed by atoms with E-state index in [1.165, 1.54) is 19.3 Å². The number of hydrogen-bond donors (Lipinski definition) is 4. The molecule has 11 nitrogen and oxygen atoms in total. The Balaban J connectivity index is 4.02. The Hall–Kier alpha value is -2.30. The lowest BCUT2D eigenvalue weighted by molar-refractivity contribution is -0.147. The molecule has 1 amide bonds. The molecule has 0 radical (unpaired) electrons. The van der Waals surface area contributed by atoms with E-state index in [-0.39, 0.29) is 12.8 Å². The lowest BCUT2D eigenvalue weighted by Gasteiger charge is -2.18. The predicted molar refractivity (Wildman–Crippen MR) is 194 cm³/mol. The third-order valence-electron chi connectivity index (χ3n) is 7.63. The topological polar surface area (TPSA) is 169 Å². The van der Waals surface area contributed by atoms with E-state index >= 15 is 0 Å². The number of allylic oxidation sites excluding steroid dienone is 6. The highest BCUT2D eigenvalue weighted by molar-refractivity contribution is 7.47. The first kappa shape index (κ1) is 46.7. The first-order chi connectivity index (χ1) is 23.6. The lowest BCUT2D eigenvalue weighted by Crippen LogP contribution is -2.43. The van der Waals surface area contributed by atoms with Crippen molar-refractivity contribution in [1.82, 2.24) is 5.32 Å². The van der Waals surface area contributed by atoms with E-state index in [9.17, 15) is 34.1 Å². The smallest absolute Gasteiger partial charge is 0.472 e. The first-order valence-electron chi connectivity index (χ1n) is 18.5. The molecular formula is C37H66NO10P. The van der Waals surface area contributed by atoms with Gasteiger partial charge < -0.3 is 25.2 Å². The minimum absolute atomic E-state index is 0.128. The molecule has 0 aromatic heterocycles. The second-order valence-electron chi connectivity index (χ2n) is 12.4. The highest BCUT2D eigenvalue weighted by atomic mass is 31.2. The molecule has 3 unspecified atom stereocenters. The zero-order valence-corrected chi connectivity index (χ0v) is 31.1. The van der Waals surface area contributed by atoms with Gasteiger partial charge in [-0.15, -0.1) is 0 Å². The number of carboxylic acid groups (broad SMARTS) is 1. The Bertz CT molecular complexity index is 984. The molecule has 0 fully saturated rings. The van der Waals surface area contributed by atoms with E-state index in [1.807, 2.05) is 0 Å². The average molecular weight is 716 g/mol. The summed E-state index contributed by atoms with van der Waals surface area (Å²) in [6, 6.07) is -1.55. The van der Waals surface area contributed by atoms with E-state index < -0.39 is 57.6 Å². The van der Waals surface area contributed by atoms with Gasteiger partial charge in [-0.05, 0) is 64.2 Å². The van der Waals surface area contributed by atoms with Gasteiger partial charge in [-0.1, -0.05) is 108 Å². The predicted octanol–water partition coefficient (Wildman–Crippen LogP) is 8.49. The number of aliphatic hydroxyl groups is 1. The Kier molecular flexibility index (Phi) is 31.3. The SMILES string of the molecule is CCC/C=C\C/C=C\CCCCCCCC(=O)NC(COP(=O)(O)OCC(O)COC(=O)CCCCCCC/C=C\CCCCC)C(=O)O. The molecule has 0 heterocycles. The van der Waals surface area contributed by atoms with Crippen LogP contribution in [0.1, 0.15) is 149 Å². The number of phosphoric ester groups is 1. The van der Waals surface area contributed by atoms with Gasteiger partial charge in [0.05, 0.1) is 13.2 Å². The summed E-state index contributed by atoms with van der Waals surface area (Å²) in [5, 5.41) is 21.7. The number of nitrogens with one attached hydrogen (secondary N) is 1. The molecule has 0 rings (SSSR count). The third-order valence-corrected chi connectivity index (χ3v) is 8.58. The van der Waals surface area contributed by atoms with Crippen molar-refractivity contribution in [3.05, 3.63) is 36.5 Å². The summed E-state index contributed by atoms with van der Waals surface area (Å²) in [5.41, 5.74) is 0. The molecule has 49 heavy (non-hydrogen) atoms. The van der Waals surface area contributed by atoms with Gasteiger partial charge in [-0.2, -0.15) is 0 Å². The van der Waals surface area contributed by atoms with Crippen molar-refractivity contribution in [1.29, 1.82) is 0 Å². The van der Waals surface area contributed by atoms with Crippen LogP contribution in [0.25, 0.3) is 0 Å². The third kappa shape index (κ3) is 32.7. The van der Waals surface area contributed by atoms with Crippen LogP contribution < -0.4 is 5.32 Å². The molecule has 0 bridgehead atoms. The molecule has 284 valence electrons. The Morgan fingerprint density at radius 2 is 1.16 bits per heavy atom. The molecule has 0 aliphatic carbocycles. The van der Waals surface area contributed by atoms with Crippen LogP contribution in [0.15, 0.2) is 36.5 Å². The zero-order valence-electron chi connectivity index (χ0n) is 30.2. The summed E-state index contributed by atoms with van der Waals surface area (Å²) in [5.74, 6) is -2.41. The highest BCUT2D eigenvalue weighted by Gasteiger charge is 2.28. The average Bonchev–Trinajstić information content (AvgIpc) is 3.07. The lowest BCUT2D eigenvalue weighted by atomic mass is 10.1. The molecule has 0 saturated heterocycles. The summed E-state index contributed by atoms with van der Waals surface area (Å²) < 4.78 is 26.7. The fraction of sp³-hybridized carbons (Fsp3) is 0.757. The van der Waals surface area contributed by atoms with E-state index in [2.05, 4.69) is 55.6 Å². The van der Waals surface area contributed by atoms with Gasteiger partial charge in [0.2, 0.25) is 5.91 Å². The summed E-state index contributed by atoms with van der Waals surface area (Å²) >= 11 is 0. The maximum atomic E-state index is 12.2. The number of unbranched alkanes of at least 4 members (excludes halogenated alkanes) is 14. The van der Waals surface area contributed by atoms with Gasteiger partial charge in [-0.25, -0.2) is 9.36 Å². The van der Waals surface area contributed by atoms with Crippen LogP contribution in [0.3, 0.4) is 0 Å². The minimum Gasteiger partial charge on any atom is -0.480 e. The van der Waals surface area contributed by atoms with Crippen LogP contribution in [0, 0.1) is 0 Å². The van der Waals surface area contributed by atoms with Gasteiger partial charge in [-0.3, -0.25) is 18.6 Å². The Morgan fingerprint density at radius 1 is 0.653 bits per heavy atom. The second-order valence-corrected chi connectivity index (χ2v) is 13.9. The van der Waals surface area contributed by atoms with E-state index in [4.69, 9.17) is 13.8 Å². The van der Waals surface area contributed by atoms with Crippen molar-refractivity contribution >= 4 is 25.7 Å². The van der Waals surface area contributed by atoms with E-state index in [1.54, 1.807) is 0 Å². The van der Waals surface area contributed by atoms with Crippen molar-refractivity contribution in [2.45, 2.75) is 161 Å². The molecule has 3 atom stereocenters. The molecule has 0 aliphatic rings. The maximum Gasteiger partial charge on any atom is 0.472 e. The van der Waals surface area contributed by atoms with Crippen molar-refractivity contribution < 1.29 is 47.8 Å². The van der Waals surface area contributed by atoms with Gasteiger partial charge in [0.15, 0.2) is 6.04 Å². The van der Waals surface area contributed by atoms with Crippen molar-refractivity contribution in [2.75, 3.05) is 19.8 Å². The molecule has 0 aliphatic heterocycles. The number of hydrogen-bond acceptors (Lipinski definition) is 8. The van der Waals surface area contributed by atoms with Crippen LogP contribution in [0.5, 0.6) is 0 Å². The number of carboxylic acids is 1. The Morgan fingerprint density at radius 3 is 1.76 bits per heavy atom. The van der Waals surface area contributed by atoms with E-state index in [0.717, 1.165) is 89.9 Å². The largest absolute Gasteiger partial charge is 0.480 e. The van der Waals surface area contributed by atoms with Crippen LogP contribution in [-0.2, 0) is 32.7 Å². The number of aliphatic carboxylic acids is 1. The number of phosphoric acid groups is 1. The summed E-state index contributed by atoms with van der Waals surface area (Å²) in [4.78, 5) is 45.6. The number of aliphatic hydroxyl groups excluding tert-OH is 1. The fourth-order valence-electron chi connectivity index (χ4n) is 4.70. The van der Waals surface area contributed by atoms with E-state index in [0.29, 0.717) is 12.8 Å². The van der Waals surface area contributed by atoms with Crippen LogP contribution in [-0.4, -0.2) is 64.9 Å². The molecule has 4 N–H and O–H groups in total. The number of esters is 1. The standard InChI is InChI=1S/C37H66NO10P/c1-3-5-7-9-11-13-15-17-18-20-22-24-26-28-35(40)38-34(37(42)43)32-48-49(44,45)47-31-33(39)30-46-36(41)29-27-25-23-21-19-16-14-12-10-8-6-4-2/h7,9,12-15,33-34,39H,3-6,8,10-11,16-32H2,1-2H3,(H,38,40)(H,42,43)(H,44,45)/b9-7-,14-12-,15-13-. The molecule has 0 spiro atoms. The summed E-state index contributed by atoms with van der Waals surface area (Å²) in [7, 11) is -4.75. The summed E-state index contributed by atoms with van der Waals surface area (Å²) in [6.07, 6.45) is 31.8. The van der Waals surface area contributed by atoms with Crippen LogP contribution in [0.4, 0.5) is 0 Å². The quantitative estimate of drug-likeness (QED) is 0.0219. The van der Waals surface area contributed by atoms with Crippen LogP contribution in [0.2, 0.25) is 0 Å². The number of rotatable bonds is 34. The van der Waals surface area contributed by atoms with Gasteiger partial charge >= 0.3 is 19.8 Å². The molecule has 0 aromatic rings. The van der Waals surface area contributed by atoms with Gasteiger partial charge in [0.25, 0.3) is 0 Å². The molecule has 0 saturated carbocycles. The number of amides is 1. The maximum absolute atomic E-state index is 12.2. The highest BCUT2D eigenvalue weighted by Crippen LogP contribution is 2.43.